The van der Waals surface area contributed by atoms with Crippen LogP contribution >= 0.6 is 18.7 Å². The third-order valence-corrected chi connectivity index (χ3v) is 10.6. The Kier molecular flexibility index (Phi) is 9.48. The fourth-order valence-electron chi connectivity index (χ4n) is 5.65. The number of aliphatic hydroxyl groups excluding tert-OH is 2. The van der Waals surface area contributed by atoms with Crippen molar-refractivity contribution in [1.29, 1.82) is 0 Å². The third-order valence-electron chi connectivity index (χ3n) is 7.84. The quantitative estimate of drug-likeness (QED) is 0.254. The highest BCUT2D eigenvalue weighted by atomic mass is 32.1. The summed E-state index contributed by atoms with van der Waals surface area (Å²) in [5.41, 5.74) is 2.04. The van der Waals surface area contributed by atoms with Gasteiger partial charge in [-0.3, -0.25) is 9.36 Å². The van der Waals surface area contributed by atoms with Crippen molar-refractivity contribution >= 4 is 36.3 Å². The average molecular weight is 564 g/mol. The Hall–Kier alpha value is -2.03. The number of anilines is 1. The lowest BCUT2D eigenvalue weighted by atomic mass is 9.81. The van der Waals surface area contributed by atoms with E-state index in [2.05, 4.69) is 6.92 Å². The molecule has 1 aromatic carbocycles. The minimum absolute atomic E-state index is 0.00284. The molecule has 0 spiro atoms. The predicted octanol–water partition coefficient (Wildman–Crippen LogP) is 5.95. The van der Waals surface area contributed by atoms with Gasteiger partial charge in [-0.15, -0.1) is 11.3 Å². The standard InChI is InChI=1S/C28H38NO7PS/c1-18-3-7-21(8-4-18)27(32)29(22-11-13-23(31)14-12-22)24-15-25(38-26(24)28(33)34)20-9-5-19(6-10-20)16-37(2,35)36-17-30/h5-6,9-10,15,18,21-23,30-31H,3-4,7-8,11-14,16-17H2,1-2H3,(H,33,34). The molecule has 208 valence electrons. The van der Waals surface area contributed by atoms with Crippen molar-refractivity contribution in [3.8, 4) is 10.4 Å². The van der Waals surface area contributed by atoms with Crippen LogP contribution in [0.15, 0.2) is 30.3 Å². The van der Waals surface area contributed by atoms with Gasteiger partial charge in [-0.05, 0) is 74.5 Å². The summed E-state index contributed by atoms with van der Waals surface area (Å²) in [5, 5.41) is 29.2. The van der Waals surface area contributed by atoms with E-state index in [1.54, 1.807) is 4.90 Å². The second kappa shape index (κ2) is 12.4. The van der Waals surface area contributed by atoms with Crippen molar-refractivity contribution in [2.45, 2.75) is 76.6 Å². The topological polar surface area (TPSA) is 124 Å². The van der Waals surface area contributed by atoms with Crippen LogP contribution in [0.4, 0.5) is 5.69 Å². The second-order valence-corrected chi connectivity index (χ2v) is 14.5. The molecule has 2 aromatic rings. The Morgan fingerprint density at radius 2 is 1.68 bits per heavy atom. The van der Waals surface area contributed by atoms with Crippen LogP contribution in [0.5, 0.6) is 0 Å². The normalized spacial score (nSPS) is 25.5. The molecule has 2 aliphatic carbocycles. The van der Waals surface area contributed by atoms with Gasteiger partial charge in [0.25, 0.3) is 0 Å². The molecule has 3 N–H and O–H groups in total. The average Bonchev–Trinajstić information content (AvgIpc) is 3.31. The third kappa shape index (κ3) is 6.93. The minimum Gasteiger partial charge on any atom is -0.477 e. The van der Waals surface area contributed by atoms with E-state index in [4.69, 9.17) is 9.63 Å². The molecule has 0 saturated heterocycles. The van der Waals surface area contributed by atoms with Crippen LogP contribution in [0, 0.1) is 11.8 Å². The van der Waals surface area contributed by atoms with Crippen LogP contribution in [-0.4, -0.2) is 52.8 Å². The molecule has 8 nitrogen and oxygen atoms in total. The molecule has 0 bridgehead atoms. The zero-order valence-corrected chi connectivity index (χ0v) is 23.8. The number of carboxylic acids is 1. The maximum absolute atomic E-state index is 14.0. The van der Waals surface area contributed by atoms with Crippen LogP contribution in [0.1, 0.15) is 73.5 Å². The van der Waals surface area contributed by atoms with Crippen LogP contribution in [-0.2, 0) is 20.0 Å². The van der Waals surface area contributed by atoms with Crippen molar-refractivity contribution in [1.82, 2.24) is 0 Å². The summed E-state index contributed by atoms with van der Waals surface area (Å²) in [7, 11) is -2.97. The van der Waals surface area contributed by atoms with E-state index in [0.29, 0.717) is 37.3 Å². The Bertz CT molecular complexity index is 1160. The van der Waals surface area contributed by atoms with Gasteiger partial charge < -0.3 is 24.7 Å². The summed E-state index contributed by atoms with van der Waals surface area (Å²) in [5.74, 6) is -0.581. The van der Waals surface area contributed by atoms with E-state index in [1.165, 1.54) is 6.66 Å². The minimum atomic E-state index is -2.97. The van der Waals surface area contributed by atoms with Gasteiger partial charge in [0.2, 0.25) is 13.3 Å². The van der Waals surface area contributed by atoms with Crippen LogP contribution < -0.4 is 4.90 Å². The van der Waals surface area contributed by atoms with Gasteiger partial charge in [-0.25, -0.2) is 4.79 Å². The predicted molar refractivity (Wildman–Crippen MR) is 149 cm³/mol. The summed E-state index contributed by atoms with van der Waals surface area (Å²) in [6, 6.07) is 9.01. The summed E-state index contributed by atoms with van der Waals surface area (Å²) in [6.45, 7) is 3.08. The summed E-state index contributed by atoms with van der Waals surface area (Å²) in [4.78, 5) is 29.0. The lowest BCUT2D eigenvalue weighted by molar-refractivity contribution is -0.124. The number of hydrogen-bond donors (Lipinski definition) is 3. The molecule has 1 atom stereocenters. The first-order valence-electron chi connectivity index (χ1n) is 13.4. The van der Waals surface area contributed by atoms with Crippen molar-refractivity contribution in [2.24, 2.45) is 11.8 Å². The molecule has 2 saturated carbocycles. The number of rotatable bonds is 9. The highest BCUT2D eigenvalue weighted by Gasteiger charge is 2.37. The number of carboxylic acid groups (broad SMARTS) is 1. The molecule has 38 heavy (non-hydrogen) atoms. The van der Waals surface area contributed by atoms with E-state index in [0.717, 1.165) is 53.0 Å². The van der Waals surface area contributed by atoms with E-state index < -0.39 is 20.1 Å². The van der Waals surface area contributed by atoms with E-state index >= 15 is 0 Å². The van der Waals surface area contributed by atoms with E-state index in [1.807, 2.05) is 30.3 Å². The molecule has 2 fully saturated rings. The number of carbonyl (C=O) groups is 2. The highest BCUT2D eigenvalue weighted by molar-refractivity contribution is 7.57. The zero-order chi connectivity index (χ0) is 27.4. The van der Waals surface area contributed by atoms with Gasteiger partial charge in [-0.2, -0.15) is 0 Å². The lowest BCUT2D eigenvalue weighted by Gasteiger charge is -2.38. The number of nitrogens with zero attached hydrogens (tertiary/aromatic N) is 1. The van der Waals surface area contributed by atoms with Crippen molar-refractivity contribution in [3.63, 3.8) is 0 Å². The summed E-state index contributed by atoms with van der Waals surface area (Å²) in [6.07, 6.45) is 5.89. The monoisotopic (exact) mass is 563 g/mol. The molecular weight excluding hydrogens is 525 g/mol. The number of thiophene rings is 1. The van der Waals surface area contributed by atoms with Gasteiger partial charge in [0.1, 0.15) is 4.88 Å². The summed E-state index contributed by atoms with van der Waals surface area (Å²) >= 11 is 1.15. The molecule has 1 unspecified atom stereocenters. The number of aromatic carboxylic acids is 1. The number of hydrogen-bond acceptors (Lipinski definition) is 7. The lowest BCUT2D eigenvalue weighted by Crippen LogP contribution is -2.47. The molecule has 1 heterocycles. The van der Waals surface area contributed by atoms with Gasteiger partial charge in [0.15, 0.2) is 6.79 Å². The fourth-order valence-corrected chi connectivity index (χ4v) is 7.85. The molecule has 10 heteroatoms. The first-order chi connectivity index (χ1) is 18.1. The molecule has 1 amide bonds. The van der Waals surface area contributed by atoms with Crippen LogP contribution in [0.25, 0.3) is 10.4 Å². The molecule has 0 aliphatic heterocycles. The number of benzene rings is 1. The van der Waals surface area contributed by atoms with Crippen molar-refractivity contribution < 1.29 is 34.0 Å². The number of carbonyl (C=O) groups excluding carboxylic acids is 1. The molecular formula is C28H38NO7PS. The first kappa shape index (κ1) is 29.0. The van der Waals surface area contributed by atoms with Gasteiger partial charge in [0.05, 0.1) is 11.8 Å². The molecule has 0 radical (unpaired) electrons. The van der Waals surface area contributed by atoms with Gasteiger partial charge >= 0.3 is 5.97 Å². The largest absolute Gasteiger partial charge is 0.477 e. The molecule has 4 rings (SSSR count). The van der Waals surface area contributed by atoms with Gasteiger partial charge in [0, 0.05) is 29.7 Å². The number of amides is 1. The maximum Gasteiger partial charge on any atom is 0.348 e. The fraction of sp³-hybridized carbons (Fsp3) is 0.571. The Labute approximate surface area is 228 Å². The van der Waals surface area contributed by atoms with Crippen molar-refractivity contribution in [3.05, 3.63) is 40.8 Å². The second-order valence-electron chi connectivity index (χ2n) is 10.9. The Balaban J connectivity index is 1.66. The van der Waals surface area contributed by atoms with Gasteiger partial charge in [-0.1, -0.05) is 31.2 Å². The van der Waals surface area contributed by atoms with Crippen LogP contribution in [0.3, 0.4) is 0 Å². The summed E-state index contributed by atoms with van der Waals surface area (Å²) < 4.78 is 17.4. The van der Waals surface area contributed by atoms with E-state index in [-0.39, 0.29) is 35.0 Å². The Morgan fingerprint density at radius 3 is 2.26 bits per heavy atom. The zero-order valence-electron chi connectivity index (χ0n) is 22.0. The van der Waals surface area contributed by atoms with Crippen LogP contribution in [0.2, 0.25) is 0 Å². The van der Waals surface area contributed by atoms with E-state index in [9.17, 15) is 24.4 Å². The first-order valence-corrected chi connectivity index (χ1v) is 16.4. The number of aliphatic hydroxyl groups is 2. The smallest absolute Gasteiger partial charge is 0.348 e. The maximum atomic E-state index is 14.0. The van der Waals surface area contributed by atoms with Crippen molar-refractivity contribution in [2.75, 3.05) is 18.4 Å². The molecule has 2 aliphatic rings. The highest BCUT2D eigenvalue weighted by Crippen LogP contribution is 2.46. The molecule has 1 aromatic heterocycles. The SMILES string of the molecule is CC1CCC(C(=O)N(c2cc(-c3ccc(CP(C)(=O)OCO)cc3)sc2C(=O)O)C2CCC(O)CC2)CC1. The Morgan fingerprint density at radius 1 is 1.05 bits per heavy atom.